The van der Waals surface area contributed by atoms with E-state index < -0.39 is 23.6 Å². The van der Waals surface area contributed by atoms with Crippen LogP contribution in [-0.4, -0.2) is 17.1 Å². The number of halogens is 2. The fraction of sp³-hybridized carbons (Fsp3) is 0.300. The second-order valence-corrected chi connectivity index (χ2v) is 3.27. The topological polar surface area (TPSA) is 49.3 Å². The molecule has 1 rings (SSSR count). The minimum absolute atomic E-state index is 0.0243. The van der Waals surface area contributed by atoms with Gasteiger partial charge in [0.1, 0.15) is 11.6 Å². The van der Waals surface area contributed by atoms with Crippen LogP contribution in [0.1, 0.15) is 13.3 Å². The van der Waals surface area contributed by atoms with Crippen LogP contribution in [0, 0.1) is 11.6 Å². The predicted octanol–water partition coefficient (Wildman–Crippen LogP) is 2.24. The summed E-state index contributed by atoms with van der Waals surface area (Å²) in [4.78, 5) is 10.3. The van der Waals surface area contributed by atoms with Crippen molar-refractivity contribution < 1.29 is 18.7 Å². The van der Waals surface area contributed by atoms with Crippen molar-refractivity contribution >= 4 is 11.7 Å². The number of nitrogens with one attached hydrogen (secondary N) is 1. The summed E-state index contributed by atoms with van der Waals surface area (Å²) < 4.78 is 25.8. The molecule has 0 bridgehead atoms. The van der Waals surface area contributed by atoms with Crippen LogP contribution in [0.5, 0.6) is 0 Å². The van der Waals surface area contributed by atoms with Crippen molar-refractivity contribution in [2.75, 3.05) is 5.32 Å². The van der Waals surface area contributed by atoms with E-state index in [4.69, 9.17) is 5.11 Å². The molecule has 1 unspecified atom stereocenters. The Morgan fingerprint density at radius 2 is 2.20 bits per heavy atom. The van der Waals surface area contributed by atoms with E-state index in [1.807, 2.05) is 0 Å². The third-order valence-electron chi connectivity index (χ3n) is 1.81. The van der Waals surface area contributed by atoms with Gasteiger partial charge in [-0.15, -0.1) is 0 Å². The first-order valence-corrected chi connectivity index (χ1v) is 4.42. The van der Waals surface area contributed by atoms with E-state index in [2.05, 4.69) is 5.32 Å². The number of carboxylic acid groups (broad SMARTS) is 1. The Hall–Kier alpha value is -1.65. The molecule has 0 radical (unpaired) electrons. The van der Waals surface area contributed by atoms with Crippen LogP contribution < -0.4 is 5.32 Å². The first kappa shape index (κ1) is 11.4. The van der Waals surface area contributed by atoms with Crippen LogP contribution in [0.4, 0.5) is 14.5 Å². The quantitative estimate of drug-likeness (QED) is 0.809. The molecule has 2 N–H and O–H groups in total. The Morgan fingerprint density at radius 1 is 1.53 bits per heavy atom. The van der Waals surface area contributed by atoms with E-state index in [1.165, 1.54) is 0 Å². The predicted molar refractivity (Wildman–Crippen MR) is 51.7 cm³/mol. The first-order chi connectivity index (χ1) is 6.99. The number of anilines is 1. The number of aliphatic carboxylic acids is 1. The molecule has 0 saturated heterocycles. The Labute approximate surface area is 85.7 Å². The summed E-state index contributed by atoms with van der Waals surface area (Å²) in [7, 11) is 0. The van der Waals surface area contributed by atoms with Gasteiger partial charge in [0.15, 0.2) is 0 Å². The van der Waals surface area contributed by atoms with E-state index >= 15 is 0 Å². The highest BCUT2D eigenvalue weighted by Crippen LogP contribution is 2.16. The molecule has 1 aromatic rings. The SMILES string of the molecule is CC(CC(=O)O)Nc1cc(F)ccc1F. The molecule has 5 heteroatoms. The van der Waals surface area contributed by atoms with Gasteiger partial charge in [-0.2, -0.15) is 0 Å². The molecule has 0 heterocycles. The summed E-state index contributed by atoms with van der Waals surface area (Å²) in [6.45, 7) is 1.58. The molecule has 0 aromatic heterocycles. The Morgan fingerprint density at radius 3 is 2.80 bits per heavy atom. The third kappa shape index (κ3) is 3.53. The Kier molecular flexibility index (Phi) is 3.60. The van der Waals surface area contributed by atoms with Gasteiger partial charge in [0.05, 0.1) is 12.1 Å². The summed E-state index contributed by atoms with van der Waals surface area (Å²) in [5, 5.41) is 11.1. The van der Waals surface area contributed by atoms with Crippen molar-refractivity contribution in [3.05, 3.63) is 29.8 Å². The zero-order valence-corrected chi connectivity index (χ0v) is 8.13. The lowest BCUT2D eigenvalue weighted by atomic mass is 10.2. The van der Waals surface area contributed by atoms with Crippen molar-refractivity contribution in [3.8, 4) is 0 Å². The monoisotopic (exact) mass is 215 g/mol. The van der Waals surface area contributed by atoms with Gasteiger partial charge < -0.3 is 10.4 Å². The van der Waals surface area contributed by atoms with Gasteiger partial charge in [-0.1, -0.05) is 0 Å². The van der Waals surface area contributed by atoms with Gasteiger partial charge in [-0.05, 0) is 25.1 Å². The van der Waals surface area contributed by atoms with Gasteiger partial charge in [-0.25, -0.2) is 8.78 Å². The first-order valence-electron chi connectivity index (χ1n) is 4.42. The highest BCUT2D eigenvalue weighted by Gasteiger charge is 2.10. The summed E-state index contributed by atoms with van der Waals surface area (Å²) in [6, 6.07) is 2.53. The van der Waals surface area contributed by atoms with Gasteiger partial charge in [-0.3, -0.25) is 4.79 Å². The van der Waals surface area contributed by atoms with Crippen molar-refractivity contribution in [2.24, 2.45) is 0 Å². The second kappa shape index (κ2) is 4.72. The lowest BCUT2D eigenvalue weighted by molar-refractivity contribution is -0.137. The van der Waals surface area contributed by atoms with E-state index in [0.717, 1.165) is 18.2 Å². The number of carbonyl (C=O) groups is 1. The van der Waals surface area contributed by atoms with Crippen LogP contribution in [0.3, 0.4) is 0 Å². The average molecular weight is 215 g/mol. The number of carboxylic acids is 1. The van der Waals surface area contributed by atoms with Crippen LogP contribution in [0.2, 0.25) is 0 Å². The molecule has 0 saturated carbocycles. The minimum Gasteiger partial charge on any atom is -0.481 e. The maximum absolute atomic E-state index is 13.1. The average Bonchev–Trinajstić information content (AvgIpc) is 2.10. The molecule has 1 atom stereocenters. The minimum atomic E-state index is -0.994. The Bertz CT molecular complexity index is 368. The number of hydrogen-bond acceptors (Lipinski definition) is 2. The largest absolute Gasteiger partial charge is 0.481 e. The normalized spacial score (nSPS) is 12.2. The van der Waals surface area contributed by atoms with Gasteiger partial charge in [0.2, 0.25) is 0 Å². The van der Waals surface area contributed by atoms with Crippen LogP contribution in [0.15, 0.2) is 18.2 Å². The van der Waals surface area contributed by atoms with E-state index in [1.54, 1.807) is 6.92 Å². The maximum atomic E-state index is 13.1. The molecule has 15 heavy (non-hydrogen) atoms. The molecule has 0 aliphatic heterocycles. The fourth-order valence-electron chi connectivity index (χ4n) is 1.19. The Balaban J connectivity index is 2.71. The van der Waals surface area contributed by atoms with Crippen molar-refractivity contribution in [2.45, 2.75) is 19.4 Å². The van der Waals surface area contributed by atoms with Crippen molar-refractivity contribution in [1.82, 2.24) is 0 Å². The van der Waals surface area contributed by atoms with Crippen LogP contribution in [0.25, 0.3) is 0 Å². The third-order valence-corrected chi connectivity index (χ3v) is 1.81. The summed E-state index contributed by atoms with van der Waals surface area (Å²) in [5.41, 5.74) is -0.0243. The maximum Gasteiger partial charge on any atom is 0.305 e. The van der Waals surface area contributed by atoms with Crippen LogP contribution in [-0.2, 0) is 4.79 Å². The standard InChI is InChI=1S/C10H11F2NO2/c1-6(4-10(14)15)13-9-5-7(11)2-3-8(9)12/h2-3,5-6,13H,4H2,1H3,(H,14,15). The number of benzene rings is 1. The molecule has 82 valence electrons. The van der Waals surface area contributed by atoms with Crippen molar-refractivity contribution in [3.63, 3.8) is 0 Å². The number of hydrogen-bond donors (Lipinski definition) is 2. The summed E-state index contributed by atoms with van der Waals surface area (Å²) >= 11 is 0. The lowest BCUT2D eigenvalue weighted by Crippen LogP contribution is -2.20. The van der Waals surface area contributed by atoms with E-state index in [0.29, 0.717) is 0 Å². The molecular formula is C10H11F2NO2. The molecule has 0 spiro atoms. The fourth-order valence-corrected chi connectivity index (χ4v) is 1.19. The molecule has 0 amide bonds. The molecule has 0 aliphatic carbocycles. The van der Waals surface area contributed by atoms with E-state index in [-0.39, 0.29) is 12.1 Å². The molecule has 0 fully saturated rings. The highest BCUT2D eigenvalue weighted by atomic mass is 19.1. The van der Waals surface area contributed by atoms with Gasteiger partial charge in [0.25, 0.3) is 0 Å². The van der Waals surface area contributed by atoms with Gasteiger partial charge in [0, 0.05) is 6.04 Å². The second-order valence-electron chi connectivity index (χ2n) is 3.27. The zero-order chi connectivity index (χ0) is 11.4. The zero-order valence-electron chi connectivity index (χ0n) is 8.13. The molecule has 3 nitrogen and oxygen atoms in total. The van der Waals surface area contributed by atoms with E-state index in [9.17, 15) is 13.6 Å². The van der Waals surface area contributed by atoms with Crippen LogP contribution >= 0.6 is 0 Å². The molecule has 1 aromatic carbocycles. The summed E-state index contributed by atoms with van der Waals surface area (Å²) in [6.07, 6.45) is -0.157. The lowest BCUT2D eigenvalue weighted by Gasteiger charge is -2.13. The highest BCUT2D eigenvalue weighted by molar-refractivity contribution is 5.68. The van der Waals surface area contributed by atoms with Gasteiger partial charge >= 0.3 is 5.97 Å². The molecular weight excluding hydrogens is 204 g/mol. The smallest absolute Gasteiger partial charge is 0.305 e. The number of rotatable bonds is 4. The van der Waals surface area contributed by atoms with Crippen molar-refractivity contribution in [1.29, 1.82) is 0 Å². The molecule has 0 aliphatic rings. The summed E-state index contributed by atoms with van der Waals surface area (Å²) in [5.74, 6) is -2.16.